The number of aromatic nitrogens is 2. The molecule has 0 saturated carbocycles. The van der Waals surface area contributed by atoms with E-state index < -0.39 is 35.9 Å². The lowest BCUT2D eigenvalue weighted by atomic mass is 10.1. The SMILES string of the molecule is C#CCN(CC1=COc2nc(N)[nH]c(=O)c2O1)c1ccc(C(=O)N[C@@H](CCC(=O)O)C(=O)O)cc1. The molecule has 0 aliphatic carbocycles. The van der Waals surface area contributed by atoms with Crippen LogP contribution in [0.15, 0.2) is 41.1 Å². The number of aromatic amines is 1. The number of nitrogens with two attached hydrogens (primary N) is 1. The number of hydrogen-bond donors (Lipinski definition) is 5. The monoisotopic (exact) mass is 483 g/mol. The third-order valence-corrected chi connectivity index (χ3v) is 4.77. The van der Waals surface area contributed by atoms with Crippen LogP contribution in [0.4, 0.5) is 11.6 Å². The first kappa shape index (κ1) is 24.6. The molecule has 182 valence electrons. The van der Waals surface area contributed by atoms with Crippen LogP contribution in [0.1, 0.15) is 23.2 Å². The van der Waals surface area contributed by atoms with E-state index >= 15 is 0 Å². The number of carbonyl (C=O) groups is 3. The van der Waals surface area contributed by atoms with Gasteiger partial charge < -0.3 is 35.6 Å². The highest BCUT2D eigenvalue weighted by atomic mass is 16.6. The van der Waals surface area contributed by atoms with Crippen molar-refractivity contribution in [2.75, 3.05) is 23.7 Å². The summed E-state index contributed by atoms with van der Waals surface area (Å²) in [5.41, 5.74) is 5.63. The van der Waals surface area contributed by atoms with Gasteiger partial charge in [0.1, 0.15) is 12.3 Å². The fourth-order valence-corrected chi connectivity index (χ4v) is 3.10. The van der Waals surface area contributed by atoms with Crippen molar-refractivity contribution in [1.82, 2.24) is 15.3 Å². The second-order valence-corrected chi connectivity index (χ2v) is 7.29. The van der Waals surface area contributed by atoms with Gasteiger partial charge in [-0.25, -0.2) is 4.79 Å². The molecule has 2 aromatic rings. The molecular weight excluding hydrogens is 462 g/mol. The number of hydrogen-bond acceptors (Lipinski definition) is 9. The molecule has 0 radical (unpaired) electrons. The number of rotatable bonds is 10. The second-order valence-electron chi connectivity index (χ2n) is 7.29. The van der Waals surface area contributed by atoms with Crippen molar-refractivity contribution in [2.24, 2.45) is 0 Å². The van der Waals surface area contributed by atoms with Gasteiger partial charge in [0.25, 0.3) is 23.1 Å². The molecule has 3 rings (SSSR count). The molecule has 1 atom stereocenters. The first-order valence-electron chi connectivity index (χ1n) is 10.1. The molecule has 13 nitrogen and oxygen atoms in total. The third kappa shape index (κ3) is 6.29. The maximum Gasteiger partial charge on any atom is 0.326 e. The van der Waals surface area contributed by atoms with Crippen LogP contribution in [0.25, 0.3) is 0 Å². The van der Waals surface area contributed by atoms with Crippen molar-refractivity contribution in [3.8, 4) is 24.0 Å². The zero-order chi connectivity index (χ0) is 25.5. The standard InChI is InChI=1S/C22H21N5O8/c1-2-9-27(10-14-11-34-20-17(35-14)19(31)25-22(23)26-20)13-5-3-12(4-6-13)18(30)24-15(21(32)33)7-8-16(28)29/h1,3-6,11,15H,7-10H2,(H,24,30)(H,28,29)(H,32,33)(H3,23,25,26,31)/t15-/m0/s1. The lowest BCUT2D eigenvalue weighted by molar-refractivity contribution is -0.140. The molecule has 6 N–H and O–H groups in total. The van der Waals surface area contributed by atoms with E-state index in [-0.39, 0.29) is 48.4 Å². The highest BCUT2D eigenvalue weighted by molar-refractivity contribution is 5.97. The van der Waals surface area contributed by atoms with E-state index in [2.05, 4.69) is 21.2 Å². The zero-order valence-corrected chi connectivity index (χ0v) is 18.2. The van der Waals surface area contributed by atoms with Crippen LogP contribution >= 0.6 is 0 Å². The molecule has 1 aromatic heterocycles. The van der Waals surface area contributed by atoms with E-state index in [4.69, 9.17) is 26.7 Å². The highest BCUT2D eigenvalue weighted by Crippen LogP contribution is 2.27. The lowest BCUT2D eigenvalue weighted by Crippen LogP contribution is -2.41. The number of ether oxygens (including phenoxy) is 2. The van der Waals surface area contributed by atoms with Crippen LogP contribution in [-0.2, 0) is 9.59 Å². The van der Waals surface area contributed by atoms with Crippen molar-refractivity contribution in [3.63, 3.8) is 0 Å². The summed E-state index contributed by atoms with van der Waals surface area (Å²) in [6, 6.07) is 4.76. The van der Waals surface area contributed by atoms with E-state index in [0.29, 0.717) is 5.69 Å². The van der Waals surface area contributed by atoms with Crippen molar-refractivity contribution < 1.29 is 34.1 Å². The maximum absolute atomic E-state index is 12.4. The number of nitrogen functional groups attached to an aromatic ring is 1. The van der Waals surface area contributed by atoms with Crippen LogP contribution in [-0.4, -0.2) is 57.2 Å². The number of anilines is 2. The molecule has 1 amide bonds. The second kappa shape index (κ2) is 10.8. The summed E-state index contributed by atoms with van der Waals surface area (Å²) in [6.07, 6.45) is 6.08. The molecule has 1 aliphatic rings. The smallest absolute Gasteiger partial charge is 0.326 e. The van der Waals surface area contributed by atoms with Crippen LogP contribution in [0, 0.1) is 12.3 Å². The number of carbonyl (C=O) groups excluding carboxylic acids is 1. The number of carboxylic acid groups (broad SMARTS) is 2. The minimum Gasteiger partial charge on any atom is -0.481 e. The summed E-state index contributed by atoms with van der Waals surface area (Å²) < 4.78 is 10.9. The number of fused-ring (bicyclic) bond motifs is 1. The summed E-state index contributed by atoms with van der Waals surface area (Å²) in [7, 11) is 0. The van der Waals surface area contributed by atoms with Gasteiger partial charge in [-0.15, -0.1) is 6.42 Å². The number of benzene rings is 1. The Labute approximate surface area is 198 Å². The Kier molecular flexibility index (Phi) is 7.57. The van der Waals surface area contributed by atoms with Crippen LogP contribution in [0.5, 0.6) is 11.6 Å². The fourth-order valence-electron chi connectivity index (χ4n) is 3.10. The predicted molar refractivity (Wildman–Crippen MR) is 122 cm³/mol. The van der Waals surface area contributed by atoms with E-state index in [1.807, 2.05) is 0 Å². The van der Waals surface area contributed by atoms with E-state index in [9.17, 15) is 24.3 Å². The molecular formula is C22H21N5O8. The zero-order valence-electron chi connectivity index (χ0n) is 18.2. The Bertz CT molecular complexity index is 1260. The molecule has 2 heterocycles. The maximum atomic E-state index is 12.4. The van der Waals surface area contributed by atoms with Crippen molar-refractivity contribution in [1.29, 1.82) is 0 Å². The van der Waals surface area contributed by atoms with Gasteiger partial charge in [0.15, 0.2) is 5.76 Å². The number of nitrogens with one attached hydrogen (secondary N) is 2. The van der Waals surface area contributed by atoms with Crippen molar-refractivity contribution in [2.45, 2.75) is 18.9 Å². The van der Waals surface area contributed by atoms with Crippen molar-refractivity contribution >= 4 is 29.5 Å². The van der Waals surface area contributed by atoms with Gasteiger partial charge in [-0.1, -0.05) is 5.92 Å². The Morgan fingerprint density at radius 2 is 1.97 bits per heavy atom. The molecule has 1 aromatic carbocycles. The molecule has 0 unspecified atom stereocenters. The summed E-state index contributed by atoms with van der Waals surface area (Å²) in [5.74, 6) is -0.758. The van der Waals surface area contributed by atoms with Gasteiger partial charge in [0.2, 0.25) is 5.95 Å². The quantitative estimate of drug-likeness (QED) is 0.288. The predicted octanol–water partition coefficient (Wildman–Crippen LogP) is 0.152. The number of nitrogens with zero attached hydrogens (tertiary/aromatic N) is 2. The van der Waals surface area contributed by atoms with Gasteiger partial charge in [0, 0.05) is 17.7 Å². The molecule has 13 heteroatoms. The molecule has 1 aliphatic heterocycles. The molecule has 0 bridgehead atoms. The number of carboxylic acids is 2. The fraction of sp³-hybridized carbons (Fsp3) is 0.227. The summed E-state index contributed by atoms with van der Waals surface area (Å²) in [4.78, 5) is 54.3. The minimum atomic E-state index is -1.34. The Morgan fingerprint density at radius 1 is 1.26 bits per heavy atom. The van der Waals surface area contributed by atoms with Crippen LogP contribution in [0.3, 0.4) is 0 Å². The molecule has 35 heavy (non-hydrogen) atoms. The number of aliphatic carboxylic acids is 2. The van der Waals surface area contributed by atoms with Gasteiger partial charge in [0.05, 0.1) is 13.1 Å². The number of H-pyrrole nitrogens is 1. The average molecular weight is 483 g/mol. The molecule has 0 spiro atoms. The number of terminal acetylenes is 1. The van der Waals surface area contributed by atoms with Gasteiger partial charge in [-0.2, -0.15) is 4.98 Å². The summed E-state index contributed by atoms with van der Waals surface area (Å²) in [5, 5.41) is 20.3. The highest BCUT2D eigenvalue weighted by Gasteiger charge is 2.23. The topological polar surface area (TPSA) is 197 Å². The average Bonchev–Trinajstić information content (AvgIpc) is 2.81. The van der Waals surface area contributed by atoms with Gasteiger partial charge in [-0.05, 0) is 30.7 Å². The summed E-state index contributed by atoms with van der Waals surface area (Å²) in [6.45, 7) is 0.251. The van der Waals surface area contributed by atoms with E-state index in [1.165, 1.54) is 18.4 Å². The minimum absolute atomic E-state index is 0.0723. The third-order valence-electron chi connectivity index (χ3n) is 4.77. The van der Waals surface area contributed by atoms with Gasteiger partial charge in [-0.3, -0.25) is 19.4 Å². The van der Waals surface area contributed by atoms with Crippen LogP contribution < -0.4 is 31.0 Å². The Balaban J connectivity index is 1.70. The normalized spacial score (nSPS) is 12.6. The Morgan fingerprint density at radius 3 is 2.60 bits per heavy atom. The molecule has 0 fully saturated rings. The largest absolute Gasteiger partial charge is 0.481 e. The van der Waals surface area contributed by atoms with E-state index in [0.717, 1.165) is 0 Å². The van der Waals surface area contributed by atoms with Crippen molar-refractivity contribution in [3.05, 3.63) is 52.2 Å². The first-order valence-corrected chi connectivity index (χ1v) is 10.1. The van der Waals surface area contributed by atoms with Gasteiger partial charge >= 0.3 is 11.9 Å². The number of amides is 1. The van der Waals surface area contributed by atoms with Crippen LogP contribution in [0.2, 0.25) is 0 Å². The summed E-state index contributed by atoms with van der Waals surface area (Å²) >= 11 is 0. The van der Waals surface area contributed by atoms with E-state index in [1.54, 1.807) is 17.0 Å². The first-order chi connectivity index (χ1) is 16.7. The lowest BCUT2D eigenvalue weighted by Gasteiger charge is -2.25. The molecule has 0 saturated heterocycles. The Hall–Kier alpha value is -4.99.